The van der Waals surface area contributed by atoms with Crippen LogP contribution >= 0.6 is 0 Å². The predicted octanol–water partition coefficient (Wildman–Crippen LogP) is 1.69. The second-order valence-corrected chi connectivity index (χ2v) is 7.64. The number of hydrogen-bond donors (Lipinski definition) is 4. The lowest BCUT2D eigenvalue weighted by Gasteiger charge is -2.29. The number of carbonyl (C=O) groups excluding carboxylic acids is 2. The number of nitrogens with two attached hydrogens (primary N) is 2. The number of hydrogen-bond acceptors (Lipinski definition) is 4. The van der Waals surface area contributed by atoms with Crippen molar-refractivity contribution in [2.45, 2.75) is 75.5 Å². The van der Waals surface area contributed by atoms with Crippen LogP contribution in [-0.4, -0.2) is 36.0 Å². The van der Waals surface area contributed by atoms with Crippen LogP contribution in [0, 0.1) is 0 Å². The van der Waals surface area contributed by atoms with E-state index in [2.05, 4.69) is 10.6 Å². The molecule has 0 saturated heterocycles. The van der Waals surface area contributed by atoms with Crippen LogP contribution in [0.15, 0.2) is 24.3 Å². The van der Waals surface area contributed by atoms with Crippen LogP contribution in [-0.2, 0) is 0 Å². The zero-order valence-corrected chi connectivity index (χ0v) is 15.2. The highest BCUT2D eigenvalue weighted by atomic mass is 16.2. The molecule has 1 aromatic carbocycles. The molecule has 6 nitrogen and oxygen atoms in total. The molecule has 2 saturated carbocycles. The average Bonchev–Trinajstić information content (AvgIpc) is 2.65. The molecule has 0 heterocycles. The second kappa shape index (κ2) is 8.64. The smallest absolute Gasteiger partial charge is 0.251 e. The summed E-state index contributed by atoms with van der Waals surface area (Å²) in [7, 11) is 0. The maximum Gasteiger partial charge on any atom is 0.251 e. The first-order valence-electron chi connectivity index (χ1n) is 9.77. The molecule has 26 heavy (non-hydrogen) atoms. The van der Waals surface area contributed by atoms with E-state index in [0.717, 1.165) is 51.4 Å². The Hall–Kier alpha value is -1.92. The summed E-state index contributed by atoms with van der Waals surface area (Å²) in [6.45, 7) is 0. The van der Waals surface area contributed by atoms with Gasteiger partial charge in [0, 0.05) is 35.3 Å². The Morgan fingerprint density at radius 2 is 1.19 bits per heavy atom. The van der Waals surface area contributed by atoms with Crippen LogP contribution in [0.1, 0.15) is 72.1 Å². The standard InChI is InChI=1S/C20H30N4O2/c21-15-8-1-3-10-17(15)23-19(25)13-6-5-7-14(12-13)20(26)24-18-11-4-2-9-16(18)22/h5-7,12,15-18H,1-4,8-11,21-22H2,(H,23,25)(H,24,26)/t15-,16-,17-,18-/m1/s1. The highest BCUT2D eigenvalue weighted by Crippen LogP contribution is 2.19. The van der Waals surface area contributed by atoms with Crippen molar-refractivity contribution in [3.63, 3.8) is 0 Å². The zero-order valence-electron chi connectivity index (χ0n) is 15.2. The zero-order chi connectivity index (χ0) is 18.5. The third kappa shape index (κ3) is 4.62. The van der Waals surface area contributed by atoms with E-state index < -0.39 is 0 Å². The molecule has 0 radical (unpaired) electrons. The molecule has 6 N–H and O–H groups in total. The molecule has 0 bridgehead atoms. The fourth-order valence-electron chi connectivity index (χ4n) is 3.98. The van der Waals surface area contributed by atoms with Crippen molar-refractivity contribution in [1.82, 2.24) is 10.6 Å². The van der Waals surface area contributed by atoms with E-state index in [0.29, 0.717) is 11.1 Å². The van der Waals surface area contributed by atoms with E-state index in [4.69, 9.17) is 11.5 Å². The lowest BCUT2D eigenvalue weighted by Crippen LogP contribution is -2.49. The van der Waals surface area contributed by atoms with Crippen LogP contribution in [0.25, 0.3) is 0 Å². The van der Waals surface area contributed by atoms with Crippen LogP contribution in [0.3, 0.4) is 0 Å². The third-order valence-corrected chi connectivity index (χ3v) is 5.66. The summed E-state index contributed by atoms with van der Waals surface area (Å²) >= 11 is 0. The molecular formula is C20H30N4O2. The van der Waals surface area contributed by atoms with E-state index in [1.807, 2.05) is 0 Å². The van der Waals surface area contributed by atoms with E-state index in [1.165, 1.54) is 0 Å². The first-order chi connectivity index (χ1) is 12.5. The van der Waals surface area contributed by atoms with Crippen molar-refractivity contribution in [2.24, 2.45) is 11.5 Å². The SMILES string of the molecule is N[C@@H]1CCCC[C@H]1NC(=O)c1cccc(C(=O)N[C@@H]2CCCC[C@H]2N)c1. The van der Waals surface area contributed by atoms with E-state index in [9.17, 15) is 9.59 Å². The average molecular weight is 358 g/mol. The quantitative estimate of drug-likeness (QED) is 0.656. The van der Waals surface area contributed by atoms with Gasteiger partial charge in [0.1, 0.15) is 0 Å². The predicted molar refractivity (Wildman–Crippen MR) is 102 cm³/mol. The number of amides is 2. The Labute approximate surface area is 155 Å². The van der Waals surface area contributed by atoms with Crippen LogP contribution in [0.2, 0.25) is 0 Å². The largest absolute Gasteiger partial charge is 0.348 e. The summed E-state index contributed by atoms with van der Waals surface area (Å²) < 4.78 is 0. The normalized spacial score (nSPS) is 29.0. The first kappa shape index (κ1) is 18.9. The van der Waals surface area contributed by atoms with E-state index in [-0.39, 0.29) is 36.0 Å². The van der Waals surface area contributed by atoms with Gasteiger partial charge in [-0.3, -0.25) is 9.59 Å². The Kier molecular flexibility index (Phi) is 6.27. The summed E-state index contributed by atoms with van der Waals surface area (Å²) in [6.07, 6.45) is 8.11. The van der Waals surface area contributed by atoms with Crippen LogP contribution in [0.5, 0.6) is 0 Å². The van der Waals surface area contributed by atoms with Crippen molar-refractivity contribution >= 4 is 11.8 Å². The fourth-order valence-corrected chi connectivity index (χ4v) is 3.98. The van der Waals surface area contributed by atoms with Crippen molar-refractivity contribution < 1.29 is 9.59 Å². The minimum absolute atomic E-state index is 0.00645. The molecule has 6 heteroatoms. The van der Waals surface area contributed by atoms with Crippen molar-refractivity contribution in [2.75, 3.05) is 0 Å². The molecule has 0 spiro atoms. The summed E-state index contributed by atoms with van der Waals surface area (Å²) in [5.74, 6) is -0.340. The highest BCUT2D eigenvalue weighted by Gasteiger charge is 2.25. The highest BCUT2D eigenvalue weighted by molar-refractivity contribution is 5.99. The molecule has 1 aromatic rings. The topological polar surface area (TPSA) is 110 Å². The number of nitrogens with one attached hydrogen (secondary N) is 2. The molecule has 2 aliphatic rings. The molecule has 0 aromatic heterocycles. The van der Waals surface area contributed by atoms with Crippen molar-refractivity contribution in [3.05, 3.63) is 35.4 Å². The Bertz CT molecular complexity index is 597. The van der Waals surface area contributed by atoms with Gasteiger partial charge in [0.2, 0.25) is 0 Å². The van der Waals surface area contributed by atoms with Gasteiger partial charge < -0.3 is 22.1 Å². The monoisotopic (exact) mass is 358 g/mol. The van der Waals surface area contributed by atoms with Gasteiger partial charge in [-0.15, -0.1) is 0 Å². The Balaban J connectivity index is 1.63. The molecular weight excluding hydrogens is 328 g/mol. The minimum Gasteiger partial charge on any atom is -0.348 e. The molecule has 2 amide bonds. The molecule has 3 rings (SSSR count). The van der Waals surface area contributed by atoms with Crippen LogP contribution in [0.4, 0.5) is 0 Å². The van der Waals surface area contributed by atoms with Gasteiger partial charge in [-0.2, -0.15) is 0 Å². The van der Waals surface area contributed by atoms with Gasteiger partial charge in [0.05, 0.1) is 0 Å². The molecule has 2 fully saturated rings. The summed E-state index contributed by atoms with van der Waals surface area (Å²) in [5, 5.41) is 6.05. The van der Waals surface area contributed by atoms with E-state index >= 15 is 0 Å². The Morgan fingerprint density at radius 1 is 0.769 bits per heavy atom. The maximum absolute atomic E-state index is 12.6. The van der Waals surface area contributed by atoms with Crippen molar-refractivity contribution in [3.8, 4) is 0 Å². The van der Waals surface area contributed by atoms with Crippen molar-refractivity contribution in [1.29, 1.82) is 0 Å². The third-order valence-electron chi connectivity index (χ3n) is 5.66. The fraction of sp³-hybridized carbons (Fsp3) is 0.600. The maximum atomic E-state index is 12.6. The summed E-state index contributed by atoms with van der Waals surface area (Å²) in [5.41, 5.74) is 13.2. The molecule has 0 aliphatic heterocycles. The first-order valence-corrected chi connectivity index (χ1v) is 9.77. The number of rotatable bonds is 4. The number of carbonyl (C=O) groups is 2. The molecule has 2 aliphatic carbocycles. The van der Waals surface area contributed by atoms with Gasteiger partial charge in [-0.05, 0) is 43.9 Å². The lowest BCUT2D eigenvalue weighted by atomic mass is 9.90. The van der Waals surface area contributed by atoms with Gasteiger partial charge in [0.25, 0.3) is 11.8 Å². The number of benzene rings is 1. The van der Waals surface area contributed by atoms with Gasteiger partial charge in [-0.25, -0.2) is 0 Å². The molecule has 4 atom stereocenters. The minimum atomic E-state index is -0.170. The van der Waals surface area contributed by atoms with Gasteiger partial charge in [-0.1, -0.05) is 31.7 Å². The van der Waals surface area contributed by atoms with Gasteiger partial charge >= 0.3 is 0 Å². The van der Waals surface area contributed by atoms with E-state index in [1.54, 1.807) is 24.3 Å². The summed E-state index contributed by atoms with van der Waals surface area (Å²) in [4.78, 5) is 25.1. The van der Waals surface area contributed by atoms with Crippen LogP contribution < -0.4 is 22.1 Å². The molecule has 142 valence electrons. The lowest BCUT2D eigenvalue weighted by molar-refractivity contribution is 0.0921. The second-order valence-electron chi connectivity index (χ2n) is 7.64. The Morgan fingerprint density at radius 3 is 1.62 bits per heavy atom. The molecule has 0 unspecified atom stereocenters. The van der Waals surface area contributed by atoms with Gasteiger partial charge in [0.15, 0.2) is 0 Å². The summed E-state index contributed by atoms with van der Waals surface area (Å²) in [6, 6.07) is 6.88.